The van der Waals surface area contributed by atoms with Crippen LogP contribution >= 0.6 is 0 Å². The normalized spacial score (nSPS) is 10.8. The molecular weight excluding hydrogens is 314 g/mol. The molecule has 0 aliphatic carbocycles. The summed E-state index contributed by atoms with van der Waals surface area (Å²) in [5.41, 5.74) is 9.47. The SMILES string of the molecule is Cc1cc(C=CC(=O)NNc2ncccn2)c(C)n1-c1ccccc1. The van der Waals surface area contributed by atoms with Gasteiger partial charge in [0.05, 0.1) is 0 Å². The van der Waals surface area contributed by atoms with Gasteiger partial charge in [-0.05, 0) is 49.8 Å². The van der Waals surface area contributed by atoms with E-state index in [4.69, 9.17) is 0 Å². The maximum atomic E-state index is 11.9. The summed E-state index contributed by atoms with van der Waals surface area (Å²) < 4.78 is 2.16. The van der Waals surface area contributed by atoms with Crippen molar-refractivity contribution in [3.63, 3.8) is 0 Å². The minimum Gasteiger partial charge on any atom is -0.318 e. The lowest BCUT2D eigenvalue weighted by atomic mass is 10.2. The molecule has 2 heterocycles. The monoisotopic (exact) mass is 333 g/mol. The molecule has 0 spiro atoms. The Kier molecular flexibility index (Phi) is 4.89. The molecule has 25 heavy (non-hydrogen) atoms. The summed E-state index contributed by atoms with van der Waals surface area (Å²) in [5, 5.41) is 0. The van der Waals surface area contributed by atoms with Crippen LogP contribution in [0.15, 0.2) is 60.9 Å². The topological polar surface area (TPSA) is 71.8 Å². The zero-order valence-corrected chi connectivity index (χ0v) is 14.1. The van der Waals surface area contributed by atoms with Gasteiger partial charge in [-0.15, -0.1) is 0 Å². The van der Waals surface area contributed by atoms with Crippen molar-refractivity contribution < 1.29 is 4.79 Å². The van der Waals surface area contributed by atoms with Gasteiger partial charge in [0.2, 0.25) is 5.95 Å². The van der Waals surface area contributed by atoms with Gasteiger partial charge < -0.3 is 4.57 Å². The van der Waals surface area contributed by atoms with Gasteiger partial charge >= 0.3 is 0 Å². The van der Waals surface area contributed by atoms with Crippen molar-refractivity contribution in [1.29, 1.82) is 0 Å². The van der Waals surface area contributed by atoms with Crippen LogP contribution in [0.2, 0.25) is 0 Å². The Morgan fingerprint density at radius 2 is 1.80 bits per heavy atom. The molecule has 0 radical (unpaired) electrons. The smallest absolute Gasteiger partial charge is 0.262 e. The number of benzene rings is 1. The Morgan fingerprint density at radius 1 is 1.08 bits per heavy atom. The first-order chi connectivity index (χ1) is 12.1. The van der Waals surface area contributed by atoms with Gasteiger partial charge in [0.1, 0.15) is 0 Å². The number of hydrogen-bond donors (Lipinski definition) is 2. The van der Waals surface area contributed by atoms with Crippen molar-refractivity contribution in [3.05, 3.63) is 77.9 Å². The Hall–Kier alpha value is -3.41. The Balaban J connectivity index is 1.70. The van der Waals surface area contributed by atoms with Crippen LogP contribution in [-0.4, -0.2) is 20.4 Å². The number of amides is 1. The number of hydrazine groups is 1. The highest BCUT2D eigenvalue weighted by atomic mass is 16.2. The molecule has 6 nitrogen and oxygen atoms in total. The average molecular weight is 333 g/mol. The van der Waals surface area contributed by atoms with Crippen molar-refractivity contribution in [1.82, 2.24) is 20.0 Å². The fourth-order valence-electron chi connectivity index (χ4n) is 2.62. The van der Waals surface area contributed by atoms with Gasteiger partial charge in [0, 0.05) is 35.5 Å². The predicted molar refractivity (Wildman–Crippen MR) is 98.1 cm³/mol. The van der Waals surface area contributed by atoms with Crippen molar-refractivity contribution >= 4 is 17.9 Å². The number of carbonyl (C=O) groups excluding carboxylic acids is 1. The average Bonchev–Trinajstić information content (AvgIpc) is 2.93. The van der Waals surface area contributed by atoms with Crippen LogP contribution in [0.5, 0.6) is 0 Å². The number of carbonyl (C=O) groups is 1. The second kappa shape index (κ2) is 7.44. The molecule has 2 aromatic heterocycles. The lowest BCUT2D eigenvalue weighted by Crippen LogP contribution is -2.28. The van der Waals surface area contributed by atoms with Crippen molar-refractivity contribution in [3.8, 4) is 5.69 Å². The maximum Gasteiger partial charge on any atom is 0.262 e. The van der Waals surface area contributed by atoms with E-state index in [-0.39, 0.29) is 5.91 Å². The Bertz CT molecular complexity index is 885. The molecule has 2 N–H and O–H groups in total. The minimum atomic E-state index is -0.281. The first-order valence-electron chi connectivity index (χ1n) is 7.90. The highest BCUT2D eigenvalue weighted by molar-refractivity contribution is 5.92. The molecule has 0 unspecified atom stereocenters. The third-order valence-corrected chi connectivity index (χ3v) is 3.76. The van der Waals surface area contributed by atoms with Crippen LogP contribution in [0.4, 0.5) is 5.95 Å². The summed E-state index contributed by atoms with van der Waals surface area (Å²) in [6.07, 6.45) is 6.46. The molecule has 0 aliphatic rings. The van der Waals surface area contributed by atoms with Crippen molar-refractivity contribution in [2.45, 2.75) is 13.8 Å². The van der Waals surface area contributed by atoms with E-state index >= 15 is 0 Å². The van der Waals surface area contributed by atoms with Crippen LogP contribution in [0.25, 0.3) is 11.8 Å². The van der Waals surface area contributed by atoms with Gasteiger partial charge in [-0.3, -0.25) is 15.6 Å². The molecule has 0 bridgehead atoms. The molecule has 3 rings (SSSR count). The number of nitrogens with one attached hydrogen (secondary N) is 2. The van der Waals surface area contributed by atoms with E-state index in [1.54, 1.807) is 24.5 Å². The van der Waals surface area contributed by atoms with Gasteiger partial charge in [-0.1, -0.05) is 18.2 Å². The highest BCUT2D eigenvalue weighted by Crippen LogP contribution is 2.21. The van der Waals surface area contributed by atoms with E-state index in [1.165, 1.54) is 6.08 Å². The standard InChI is InChI=1S/C19H19N5O/c1-14-13-16(15(2)24(14)17-7-4-3-5-8-17)9-10-18(25)22-23-19-20-11-6-12-21-19/h3-13H,1-2H3,(H,22,25)(H,20,21,23). The van der Waals surface area contributed by atoms with E-state index in [1.807, 2.05) is 32.0 Å². The van der Waals surface area contributed by atoms with Crippen LogP contribution in [0, 0.1) is 13.8 Å². The molecule has 0 atom stereocenters. The highest BCUT2D eigenvalue weighted by Gasteiger charge is 2.08. The van der Waals surface area contributed by atoms with Gasteiger partial charge in [0.25, 0.3) is 5.91 Å². The van der Waals surface area contributed by atoms with E-state index in [0.29, 0.717) is 5.95 Å². The van der Waals surface area contributed by atoms with E-state index in [2.05, 4.69) is 43.6 Å². The van der Waals surface area contributed by atoms with Crippen LogP contribution < -0.4 is 10.9 Å². The molecule has 1 amide bonds. The van der Waals surface area contributed by atoms with E-state index in [9.17, 15) is 4.79 Å². The second-order valence-electron chi connectivity index (χ2n) is 5.52. The van der Waals surface area contributed by atoms with Gasteiger partial charge in [0.15, 0.2) is 0 Å². The molecule has 0 saturated carbocycles. The summed E-state index contributed by atoms with van der Waals surface area (Å²) in [7, 11) is 0. The molecule has 0 saturated heterocycles. The number of aryl methyl sites for hydroxylation is 1. The number of anilines is 1. The lowest BCUT2D eigenvalue weighted by Gasteiger charge is -2.09. The summed E-state index contributed by atoms with van der Waals surface area (Å²) in [4.78, 5) is 19.9. The summed E-state index contributed by atoms with van der Waals surface area (Å²) in [6.45, 7) is 4.08. The van der Waals surface area contributed by atoms with E-state index in [0.717, 1.165) is 22.6 Å². The quantitative estimate of drug-likeness (QED) is 0.556. The summed E-state index contributed by atoms with van der Waals surface area (Å²) in [6, 6.07) is 13.9. The van der Waals surface area contributed by atoms with Crippen LogP contribution in [-0.2, 0) is 4.79 Å². The lowest BCUT2D eigenvalue weighted by molar-refractivity contribution is -0.116. The third-order valence-electron chi connectivity index (χ3n) is 3.76. The second-order valence-corrected chi connectivity index (χ2v) is 5.52. The molecule has 1 aromatic carbocycles. The molecule has 0 aliphatic heterocycles. The maximum absolute atomic E-state index is 11.9. The Labute approximate surface area is 146 Å². The zero-order chi connectivity index (χ0) is 17.6. The molecule has 0 fully saturated rings. The first kappa shape index (κ1) is 16.4. The van der Waals surface area contributed by atoms with Crippen molar-refractivity contribution in [2.75, 3.05) is 5.43 Å². The number of para-hydroxylation sites is 1. The Morgan fingerprint density at radius 3 is 2.52 bits per heavy atom. The number of aromatic nitrogens is 3. The van der Waals surface area contributed by atoms with Gasteiger partial charge in [-0.25, -0.2) is 9.97 Å². The van der Waals surface area contributed by atoms with E-state index < -0.39 is 0 Å². The molecular formula is C19H19N5O. The largest absolute Gasteiger partial charge is 0.318 e. The summed E-state index contributed by atoms with van der Waals surface area (Å²) >= 11 is 0. The predicted octanol–water partition coefficient (Wildman–Crippen LogP) is 3.04. The first-order valence-corrected chi connectivity index (χ1v) is 7.90. The van der Waals surface area contributed by atoms with Crippen molar-refractivity contribution in [2.24, 2.45) is 0 Å². The minimum absolute atomic E-state index is 0.281. The number of nitrogens with zero attached hydrogens (tertiary/aromatic N) is 3. The zero-order valence-electron chi connectivity index (χ0n) is 14.1. The fraction of sp³-hybridized carbons (Fsp3) is 0.105. The fourth-order valence-corrected chi connectivity index (χ4v) is 2.62. The van der Waals surface area contributed by atoms with Crippen LogP contribution in [0.3, 0.4) is 0 Å². The molecule has 6 heteroatoms. The third kappa shape index (κ3) is 3.92. The summed E-state index contributed by atoms with van der Waals surface area (Å²) in [5.74, 6) is 0.0588. The number of rotatable bonds is 5. The van der Waals surface area contributed by atoms with Crippen LogP contribution in [0.1, 0.15) is 17.0 Å². The number of hydrogen-bond acceptors (Lipinski definition) is 4. The molecule has 3 aromatic rings. The van der Waals surface area contributed by atoms with Gasteiger partial charge in [-0.2, -0.15) is 0 Å². The molecule has 126 valence electrons.